The summed E-state index contributed by atoms with van der Waals surface area (Å²) in [6, 6.07) is 23.8. The van der Waals surface area contributed by atoms with Gasteiger partial charge in [-0.15, -0.1) is 0 Å². The Kier molecular flexibility index (Phi) is 6.24. The highest BCUT2D eigenvalue weighted by Crippen LogP contribution is 2.28. The molecule has 0 spiro atoms. The van der Waals surface area contributed by atoms with E-state index >= 15 is 0 Å². The number of nitrogens with zero attached hydrogens (tertiary/aromatic N) is 2. The zero-order chi connectivity index (χ0) is 20.9. The van der Waals surface area contributed by atoms with Gasteiger partial charge < -0.3 is 14.0 Å². The molecule has 0 bridgehead atoms. The number of aryl methyl sites for hydroxylation is 1. The van der Waals surface area contributed by atoms with Crippen LogP contribution in [0.25, 0.3) is 11.0 Å². The van der Waals surface area contributed by atoms with Gasteiger partial charge in [-0.05, 0) is 55.3 Å². The molecule has 0 saturated carbocycles. The molecule has 154 valence electrons. The van der Waals surface area contributed by atoms with E-state index in [1.165, 1.54) is 5.56 Å². The number of rotatable bonds is 8. The molecule has 0 radical (unpaired) electrons. The van der Waals surface area contributed by atoms with Crippen LogP contribution in [0.1, 0.15) is 30.8 Å². The minimum Gasteiger partial charge on any atom is -0.490 e. The fourth-order valence-electron chi connectivity index (χ4n) is 3.56. The Hall–Kier alpha value is -2.98. The molecule has 0 fully saturated rings. The second-order valence-corrected chi connectivity index (χ2v) is 7.63. The lowest BCUT2D eigenvalue weighted by atomic mass is 10.2. The Morgan fingerprint density at radius 1 is 1.00 bits per heavy atom. The van der Waals surface area contributed by atoms with Crippen LogP contribution in [0, 0.1) is 6.92 Å². The standard InChI is InChI=1S/C25H25ClN2O2/c1-3-23(30-19-10-8-9-18(2)17-19)25-27-21-12-5-6-13-22(21)28(25)15-16-29-24-14-7-4-11-20(24)26/h4-14,17,23H,3,15-16H2,1-2H3. The molecule has 1 unspecified atom stereocenters. The van der Waals surface area contributed by atoms with Crippen LogP contribution in [0.5, 0.6) is 11.5 Å². The van der Waals surface area contributed by atoms with E-state index in [2.05, 4.69) is 36.6 Å². The van der Waals surface area contributed by atoms with Gasteiger partial charge in [0.25, 0.3) is 0 Å². The number of halogens is 1. The van der Waals surface area contributed by atoms with E-state index in [0.29, 0.717) is 23.9 Å². The molecule has 1 atom stereocenters. The summed E-state index contributed by atoms with van der Waals surface area (Å²) in [4.78, 5) is 4.90. The van der Waals surface area contributed by atoms with Crippen molar-refractivity contribution in [1.82, 2.24) is 9.55 Å². The van der Waals surface area contributed by atoms with Crippen LogP contribution < -0.4 is 9.47 Å². The van der Waals surface area contributed by atoms with Gasteiger partial charge in [0.1, 0.15) is 18.1 Å². The van der Waals surface area contributed by atoms with E-state index in [-0.39, 0.29) is 6.10 Å². The van der Waals surface area contributed by atoms with E-state index in [4.69, 9.17) is 26.1 Å². The summed E-state index contributed by atoms with van der Waals surface area (Å²) in [7, 11) is 0. The van der Waals surface area contributed by atoms with Gasteiger partial charge in [0, 0.05) is 0 Å². The average Bonchev–Trinajstić information content (AvgIpc) is 3.12. The van der Waals surface area contributed by atoms with Gasteiger partial charge in [0.05, 0.1) is 22.6 Å². The van der Waals surface area contributed by atoms with Crippen molar-refractivity contribution < 1.29 is 9.47 Å². The summed E-state index contributed by atoms with van der Waals surface area (Å²) in [6.07, 6.45) is 0.655. The smallest absolute Gasteiger partial charge is 0.156 e. The predicted octanol–water partition coefficient (Wildman–Crippen LogP) is 6.61. The molecule has 0 aliphatic carbocycles. The zero-order valence-electron chi connectivity index (χ0n) is 17.2. The third-order valence-electron chi connectivity index (χ3n) is 5.02. The lowest BCUT2D eigenvalue weighted by molar-refractivity contribution is 0.184. The summed E-state index contributed by atoms with van der Waals surface area (Å²) in [5.41, 5.74) is 3.20. The van der Waals surface area contributed by atoms with Gasteiger partial charge in [-0.1, -0.05) is 54.9 Å². The van der Waals surface area contributed by atoms with Gasteiger partial charge in [-0.3, -0.25) is 0 Å². The monoisotopic (exact) mass is 420 g/mol. The van der Waals surface area contributed by atoms with Crippen molar-refractivity contribution >= 4 is 22.6 Å². The van der Waals surface area contributed by atoms with E-state index in [1.807, 2.05) is 54.6 Å². The van der Waals surface area contributed by atoms with Crippen LogP contribution in [0.3, 0.4) is 0 Å². The Morgan fingerprint density at radius 2 is 1.80 bits per heavy atom. The Bertz CT molecular complexity index is 1140. The molecule has 1 heterocycles. The summed E-state index contributed by atoms with van der Waals surface area (Å²) in [6.45, 7) is 5.31. The first-order chi connectivity index (χ1) is 14.7. The van der Waals surface area contributed by atoms with Gasteiger partial charge >= 0.3 is 0 Å². The van der Waals surface area contributed by atoms with Crippen molar-refractivity contribution in [3.8, 4) is 11.5 Å². The van der Waals surface area contributed by atoms with E-state index in [0.717, 1.165) is 29.0 Å². The van der Waals surface area contributed by atoms with Crippen LogP contribution in [0.2, 0.25) is 5.02 Å². The molecule has 1 aromatic heterocycles. The highest BCUT2D eigenvalue weighted by atomic mass is 35.5. The molecular weight excluding hydrogens is 396 g/mol. The molecule has 0 amide bonds. The lowest BCUT2D eigenvalue weighted by Gasteiger charge is -2.19. The molecule has 4 nitrogen and oxygen atoms in total. The fourth-order valence-corrected chi connectivity index (χ4v) is 3.75. The number of aromatic nitrogens is 2. The first-order valence-electron chi connectivity index (χ1n) is 10.2. The number of imidazole rings is 1. The highest BCUT2D eigenvalue weighted by Gasteiger charge is 2.21. The van der Waals surface area contributed by atoms with E-state index in [1.54, 1.807) is 0 Å². The Balaban J connectivity index is 1.61. The molecular formula is C25H25ClN2O2. The van der Waals surface area contributed by atoms with Gasteiger partial charge in [0.15, 0.2) is 11.9 Å². The second-order valence-electron chi connectivity index (χ2n) is 7.22. The molecule has 4 rings (SSSR count). The number of benzene rings is 3. The van der Waals surface area contributed by atoms with Crippen molar-refractivity contribution in [3.05, 3.63) is 89.2 Å². The number of hydrogen-bond acceptors (Lipinski definition) is 3. The average molecular weight is 421 g/mol. The maximum Gasteiger partial charge on any atom is 0.156 e. The molecule has 4 aromatic rings. The Morgan fingerprint density at radius 3 is 2.60 bits per heavy atom. The number of para-hydroxylation sites is 3. The third-order valence-corrected chi connectivity index (χ3v) is 5.33. The molecule has 3 aromatic carbocycles. The largest absolute Gasteiger partial charge is 0.490 e. The maximum atomic E-state index is 6.34. The first kappa shape index (κ1) is 20.3. The first-order valence-corrected chi connectivity index (χ1v) is 10.6. The van der Waals surface area contributed by atoms with Crippen LogP contribution in [-0.2, 0) is 6.54 Å². The molecule has 0 aliphatic heterocycles. The van der Waals surface area contributed by atoms with Gasteiger partial charge in [-0.25, -0.2) is 4.98 Å². The van der Waals surface area contributed by atoms with Gasteiger partial charge in [0.2, 0.25) is 0 Å². The summed E-state index contributed by atoms with van der Waals surface area (Å²) >= 11 is 6.22. The maximum absolute atomic E-state index is 6.34. The molecule has 0 saturated heterocycles. The number of hydrogen-bond donors (Lipinski definition) is 0. The highest BCUT2D eigenvalue weighted by molar-refractivity contribution is 6.32. The predicted molar refractivity (Wildman–Crippen MR) is 122 cm³/mol. The van der Waals surface area contributed by atoms with E-state index in [9.17, 15) is 0 Å². The van der Waals surface area contributed by atoms with Crippen molar-refractivity contribution in [3.63, 3.8) is 0 Å². The SMILES string of the molecule is CCC(Oc1cccc(C)c1)c1nc2ccccc2n1CCOc1ccccc1Cl. The molecule has 30 heavy (non-hydrogen) atoms. The second kappa shape index (κ2) is 9.23. The summed E-state index contributed by atoms with van der Waals surface area (Å²) in [5.74, 6) is 2.45. The molecule has 0 N–H and O–H groups in total. The Labute approximate surface area is 182 Å². The molecule has 0 aliphatic rings. The summed E-state index contributed by atoms with van der Waals surface area (Å²) in [5, 5.41) is 0.613. The summed E-state index contributed by atoms with van der Waals surface area (Å²) < 4.78 is 14.5. The third kappa shape index (κ3) is 4.44. The van der Waals surface area contributed by atoms with E-state index < -0.39 is 0 Å². The van der Waals surface area contributed by atoms with Crippen molar-refractivity contribution in [1.29, 1.82) is 0 Å². The van der Waals surface area contributed by atoms with Crippen LogP contribution in [-0.4, -0.2) is 16.2 Å². The number of ether oxygens (including phenoxy) is 2. The number of fused-ring (bicyclic) bond motifs is 1. The quantitative estimate of drug-likeness (QED) is 0.322. The molecule has 5 heteroatoms. The van der Waals surface area contributed by atoms with Crippen molar-refractivity contribution in [2.24, 2.45) is 0 Å². The minimum absolute atomic E-state index is 0.153. The van der Waals surface area contributed by atoms with Crippen molar-refractivity contribution in [2.45, 2.75) is 32.9 Å². The van der Waals surface area contributed by atoms with Crippen LogP contribution in [0.15, 0.2) is 72.8 Å². The lowest BCUT2D eigenvalue weighted by Crippen LogP contribution is -2.17. The van der Waals surface area contributed by atoms with Crippen LogP contribution in [0.4, 0.5) is 0 Å². The van der Waals surface area contributed by atoms with Gasteiger partial charge in [-0.2, -0.15) is 0 Å². The normalized spacial score (nSPS) is 12.1. The fraction of sp³-hybridized carbons (Fsp3) is 0.240. The van der Waals surface area contributed by atoms with Crippen LogP contribution >= 0.6 is 11.6 Å². The minimum atomic E-state index is -0.153. The van der Waals surface area contributed by atoms with Crippen molar-refractivity contribution in [2.75, 3.05) is 6.61 Å². The zero-order valence-corrected chi connectivity index (χ0v) is 18.0. The topological polar surface area (TPSA) is 36.3 Å².